The fraction of sp³-hybridized carbons (Fsp3) is 0.222. The Morgan fingerprint density at radius 2 is 1.24 bits per heavy atom. The van der Waals surface area contributed by atoms with E-state index in [0.29, 0.717) is 5.69 Å². The topological polar surface area (TPSA) is 61.4 Å². The van der Waals surface area contributed by atoms with Gasteiger partial charge >= 0.3 is 12.4 Å². The van der Waals surface area contributed by atoms with Crippen LogP contribution in [0.25, 0.3) is 0 Å². The van der Waals surface area contributed by atoms with Crippen LogP contribution in [0.1, 0.15) is 31.8 Å². The summed E-state index contributed by atoms with van der Waals surface area (Å²) >= 11 is 0. The molecule has 156 valence electrons. The van der Waals surface area contributed by atoms with E-state index >= 15 is 0 Å². The standard InChI is InChI=1S/C18H15F6N3O2/c1-27(2)14-5-3-4-10(8-14)15(28)25-26-16(29)11-6-12(17(19,20)21)9-13(7-11)18(22,23)24/h3-9H,1-2H3,(H,25,28)(H,26,29). The molecule has 0 spiro atoms. The second-order valence-electron chi connectivity index (χ2n) is 6.15. The fourth-order valence-electron chi connectivity index (χ4n) is 2.27. The number of anilines is 1. The highest BCUT2D eigenvalue weighted by Gasteiger charge is 2.37. The molecule has 0 atom stereocenters. The summed E-state index contributed by atoms with van der Waals surface area (Å²) in [7, 11) is 3.45. The van der Waals surface area contributed by atoms with Gasteiger partial charge < -0.3 is 4.90 Å². The molecule has 11 heteroatoms. The molecular weight excluding hydrogens is 404 g/mol. The van der Waals surface area contributed by atoms with Gasteiger partial charge in [-0.05, 0) is 36.4 Å². The minimum absolute atomic E-state index is 0.0951. The first-order valence-corrected chi connectivity index (χ1v) is 7.96. The normalized spacial score (nSPS) is 11.7. The van der Waals surface area contributed by atoms with Gasteiger partial charge in [-0.1, -0.05) is 6.07 Å². The predicted octanol–water partition coefficient (Wildman–Crippen LogP) is 3.87. The number of alkyl halides is 6. The lowest BCUT2D eigenvalue weighted by Crippen LogP contribution is -2.41. The molecule has 0 aromatic heterocycles. The third-order valence-electron chi connectivity index (χ3n) is 3.76. The number of hydrogen-bond acceptors (Lipinski definition) is 3. The molecule has 0 fully saturated rings. The van der Waals surface area contributed by atoms with Crippen molar-refractivity contribution in [3.05, 3.63) is 64.7 Å². The quantitative estimate of drug-likeness (QED) is 0.587. The maximum atomic E-state index is 12.9. The lowest BCUT2D eigenvalue weighted by atomic mass is 10.0. The molecule has 2 rings (SSSR count). The Hall–Kier alpha value is -3.24. The SMILES string of the molecule is CN(C)c1cccc(C(=O)NNC(=O)c2cc(C(F)(F)F)cc(C(F)(F)F)c2)c1. The molecule has 2 aromatic rings. The van der Waals surface area contributed by atoms with Crippen molar-refractivity contribution in [2.45, 2.75) is 12.4 Å². The zero-order valence-corrected chi connectivity index (χ0v) is 15.1. The number of hydrogen-bond donors (Lipinski definition) is 2. The molecule has 0 aliphatic carbocycles. The van der Waals surface area contributed by atoms with E-state index in [-0.39, 0.29) is 23.8 Å². The van der Waals surface area contributed by atoms with E-state index in [1.807, 2.05) is 10.9 Å². The first-order chi connectivity index (χ1) is 13.3. The molecule has 0 heterocycles. The number of carbonyl (C=O) groups is 2. The van der Waals surface area contributed by atoms with E-state index in [9.17, 15) is 35.9 Å². The lowest BCUT2D eigenvalue weighted by molar-refractivity contribution is -0.143. The van der Waals surface area contributed by atoms with Crippen molar-refractivity contribution in [1.82, 2.24) is 10.9 Å². The Morgan fingerprint density at radius 3 is 1.69 bits per heavy atom. The second kappa shape index (κ2) is 8.02. The number of rotatable bonds is 3. The number of benzene rings is 2. The lowest BCUT2D eigenvalue weighted by Gasteiger charge is -2.15. The third-order valence-corrected chi connectivity index (χ3v) is 3.76. The van der Waals surface area contributed by atoms with E-state index in [0.717, 1.165) is 0 Å². The zero-order chi connectivity index (χ0) is 22.0. The van der Waals surface area contributed by atoms with Crippen molar-refractivity contribution in [3.63, 3.8) is 0 Å². The van der Waals surface area contributed by atoms with Crippen molar-refractivity contribution in [3.8, 4) is 0 Å². The van der Waals surface area contributed by atoms with Crippen LogP contribution in [-0.4, -0.2) is 25.9 Å². The Bertz CT molecular complexity index is 890. The molecule has 29 heavy (non-hydrogen) atoms. The Morgan fingerprint density at radius 1 is 0.759 bits per heavy atom. The highest BCUT2D eigenvalue weighted by atomic mass is 19.4. The van der Waals surface area contributed by atoms with E-state index in [4.69, 9.17) is 0 Å². The van der Waals surface area contributed by atoms with Gasteiger partial charge in [0.15, 0.2) is 0 Å². The summed E-state index contributed by atoms with van der Waals surface area (Å²) in [6, 6.07) is 6.61. The summed E-state index contributed by atoms with van der Waals surface area (Å²) in [4.78, 5) is 25.9. The maximum absolute atomic E-state index is 12.9. The van der Waals surface area contributed by atoms with Crippen LogP contribution >= 0.6 is 0 Å². The van der Waals surface area contributed by atoms with Gasteiger partial charge in [0.1, 0.15) is 0 Å². The summed E-state index contributed by atoms with van der Waals surface area (Å²) in [6.45, 7) is 0. The van der Waals surface area contributed by atoms with Crippen LogP contribution in [0, 0.1) is 0 Å². The summed E-state index contributed by atoms with van der Waals surface area (Å²) in [5.41, 5.74) is 0.381. The molecule has 0 saturated heterocycles. The molecule has 2 amide bonds. The average Bonchev–Trinajstić information content (AvgIpc) is 2.64. The number of nitrogens with zero attached hydrogens (tertiary/aromatic N) is 1. The van der Waals surface area contributed by atoms with Gasteiger partial charge in [0.25, 0.3) is 11.8 Å². The minimum Gasteiger partial charge on any atom is -0.378 e. The van der Waals surface area contributed by atoms with E-state index in [1.54, 1.807) is 31.1 Å². The first kappa shape index (κ1) is 22.1. The molecule has 0 bridgehead atoms. The summed E-state index contributed by atoms with van der Waals surface area (Å²) in [5, 5.41) is 0. The minimum atomic E-state index is -5.09. The Balaban J connectivity index is 2.22. The number of amides is 2. The van der Waals surface area contributed by atoms with Crippen LogP contribution in [-0.2, 0) is 12.4 Å². The highest BCUT2D eigenvalue weighted by Crippen LogP contribution is 2.36. The van der Waals surface area contributed by atoms with Crippen LogP contribution < -0.4 is 15.8 Å². The number of hydrazine groups is 1. The van der Waals surface area contributed by atoms with Crippen molar-refractivity contribution >= 4 is 17.5 Å². The van der Waals surface area contributed by atoms with Crippen LogP contribution in [0.4, 0.5) is 32.0 Å². The second-order valence-corrected chi connectivity index (χ2v) is 6.15. The maximum Gasteiger partial charge on any atom is 0.416 e. The first-order valence-electron chi connectivity index (χ1n) is 7.96. The molecule has 0 radical (unpaired) electrons. The molecule has 2 aromatic carbocycles. The number of carbonyl (C=O) groups excluding carboxylic acids is 2. The monoisotopic (exact) mass is 419 g/mol. The van der Waals surface area contributed by atoms with Crippen LogP contribution in [0.3, 0.4) is 0 Å². The van der Waals surface area contributed by atoms with Crippen molar-refractivity contribution < 1.29 is 35.9 Å². The van der Waals surface area contributed by atoms with Crippen LogP contribution in [0.15, 0.2) is 42.5 Å². The predicted molar refractivity (Wildman–Crippen MR) is 92.1 cm³/mol. The van der Waals surface area contributed by atoms with Crippen molar-refractivity contribution in [1.29, 1.82) is 0 Å². The zero-order valence-electron chi connectivity index (χ0n) is 15.1. The van der Waals surface area contributed by atoms with Gasteiger partial charge in [-0.25, -0.2) is 0 Å². The van der Waals surface area contributed by atoms with E-state index < -0.39 is 40.9 Å². The smallest absolute Gasteiger partial charge is 0.378 e. The van der Waals surface area contributed by atoms with Crippen molar-refractivity contribution in [2.75, 3.05) is 19.0 Å². The molecular formula is C18H15F6N3O2. The van der Waals surface area contributed by atoms with Gasteiger partial charge in [0.05, 0.1) is 11.1 Å². The molecule has 0 saturated carbocycles. The van der Waals surface area contributed by atoms with Gasteiger partial charge in [-0.15, -0.1) is 0 Å². The summed E-state index contributed by atoms with van der Waals surface area (Å²) in [6.07, 6.45) is -10.2. The summed E-state index contributed by atoms with van der Waals surface area (Å²) < 4.78 is 77.2. The summed E-state index contributed by atoms with van der Waals surface area (Å²) in [5.74, 6) is -2.14. The Labute approximate surface area is 161 Å². The number of halogens is 6. The highest BCUT2D eigenvalue weighted by molar-refractivity contribution is 5.99. The van der Waals surface area contributed by atoms with Gasteiger partial charge in [-0.2, -0.15) is 26.3 Å². The van der Waals surface area contributed by atoms with Crippen LogP contribution in [0.2, 0.25) is 0 Å². The fourth-order valence-corrected chi connectivity index (χ4v) is 2.27. The number of nitrogens with one attached hydrogen (secondary N) is 2. The Kier molecular flexibility index (Phi) is 6.10. The average molecular weight is 419 g/mol. The van der Waals surface area contributed by atoms with E-state index in [2.05, 4.69) is 0 Å². The molecule has 0 unspecified atom stereocenters. The molecule has 0 aliphatic rings. The van der Waals surface area contributed by atoms with Gasteiger partial charge in [-0.3, -0.25) is 20.4 Å². The van der Waals surface area contributed by atoms with Crippen LogP contribution in [0.5, 0.6) is 0 Å². The molecule has 0 aliphatic heterocycles. The molecule has 5 nitrogen and oxygen atoms in total. The van der Waals surface area contributed by atoms with Crippen molar-refractivity contribution in [2.24, 2.45) is 0 Å². The third kappa shape index (κ3) is 5.62. The largest absolute Gasteiger partial charge is 0.416 e. The van der Waals surface area contributed by atoms with E-state index in [1.165, 1.54) is 12.1 Å². The molecule has 2 N–H and O–H groups in total. The van der Waals surface area contributed by atoms with Gasteiger partial charge in [0, 0.05) is 30.9 Å². The van der Waals surface area contributed by atoms with Gasteiger partial charge in [0.2, 0.25) is 0 Å².